The summed E-state index contributed by atoms with van der Waals surface area (Å²) in [7, 11) is 0. The molecule has 3 heterocycles. The Morgan fingerprint density at radius 2 is 1.63 bits per heavy atom. The van der Waals surface area contributed by atoms with Crippen LogP contribution in [0.25, 0.3) is 0 Å². The van der Waals surface area contributed by atoms with Crippen LogP contribution in [0.4, 0.5) is 0 Å². The fourth-order valence-corrected chi connectivity index (χ4v) is 4.60. The molecule has 3 heteroatoms. The van der Waals surface area contributed by atoms with Gasteiger partial charge in [0.2, 0.25) is 0 Å². The highest BCUT2D eigenvalue weighted by Gasteiger charge is 2.35. The van der Waals surface area contributed by atoms with Crippen molar-refractivity contribution in [2.75, 3.05) is 32.8 Å². The molecular weight excluding hydrogens is 236 g/mol. The molecule has 3 fully saturated rings. The second-order valence-corrected chi connectivity index (χ2v) is 6.83. The molecule has 0 unspecified atom stereocenters. The third-order valence-electron chi connectivity index (χ3n) is 5.66. The second kappa shape index (κ2) is 6.55. The van der Waals surface area contributed by atoms with Crippen molar-refractivity contribution in [3.63, 3.8) is 0 Å². The number of hydrogen-bond donors (Lipinski definition) is 1. The van der Waals surface area contributed by atoms with Crippen LogP contribution in [0, 0.1) is 5.92 Å². The number of fused-ring (bicyclic) bond motifs is 1. The van der Waals surface area contributed by atoms with Crippen LogP contribution in [0.5, 0.6) is 0 Å². The van der Waals surface area contributed by atoms with Gasteiger partial charge in [0, 0.05) is 18.6 Å². The summed E-state index contributed by atoms with van der Waals surface area (Å²) in [5.74, 6) is 0.862. The number of likely N-dealkylation sites (tertiary alicyclic amines) is 1. The highest BCUT2D eigenvalue weighted by molar-refractivity contribution is 4.90. The standard InChI is InChI=1S/C16H30N2O/c19-13-15-7-1-3-10-18(15)12-14-6-5-11-17-9-4-2-8-16(14)17/h14-16,19H,1-13H2/t14-,15-,16-/m1/s1. The van der Waals surface area contributed by atoms with Gasteiger partial charge in [-0.25, -0.2) is 0 Å². The van der Waals surface area contributed by atoms with Crippen LogP contribution in [-0.4, -0.2) is 59.8 Å². The van der Waals surface area contributed by atoms with Crippen LogP contribution in [0.15, 0.2) is 0 Å². The van der Waals surface area contributed by atoms with Crippen LogP contribution in [-0.2, 0) is 0 Å². The lowest BCUT2D eigenvalue weighted by molar-refractivity contribution is 0.0140. The fraction of sp³-hybridized carbons (Fsp3) is 1.00. The topological polar surface area (TPSA) is 26.7 Å². The maximum Gasteiger partial charge on any atom is 0.0586 e. The first-order chi connectivity index (χ1) is 9.38. The van der Waals surface area contributed by atoms with Gasteiger partial charge in [-0.3, -0.25) is 4.90 Å². The lowest BCUT2D eigenvalue weighted by Gasteiger charge is -2.47. The number of piperidine rings is 3. The third-order valence-corrected chi connectivity index (χ3v) is 5.66. The van der Waals surface area contributed by atoms with Crippen LogP contribution >= 0.6 is 0 Å². The van der Waals surface area contributed by atoms with Crippen molar-refractivity contribution in [2.45, 2.75) is 63.5 Å². The summed E-state index contributed by atoms with van der Waals surface area (Å²) in [6, 6.07) is 1.30. The van der Waals surface area contributed by atoms with E-state index in [1.807, 2.05) is 0 Å². The van der Waals surface area contributed by atoms with E-state index in [-0.39, 0.29) is 0 Å². The molecule has 0 bridgehead atoms. The molecule has 0 aromatic carbocycles. The molecule has 3 aliphatic rings. The van der Waals surface area contributed by atoms with Crippen LogP contribution in [0.2, 0.25) is 0 Å². The van der Waals surface area contributed by atoms with Gasteiger partial charge in [-0.05, 0) is 64.1 Å². The van der Waals surface area contributed by atoms with Gasteiger partial charge in [0.05, 0.1) is 6.61 Å². The van der Waals surface area contributed by atoms with E-state index in [1.54, 1.807) is 0 Å². The zero-order valence-electron chi connectivity index (χ0n) is 12.3. The smallest absolute Gasteiger partial charge is 0.0586 e. The van der Waals surface area contributed by atoms with Gasteiger partial charge in [0.25, 0.3) is 0 Å². The first-order valence-electron chi connectivity index (χ1n) is 8.47. The van der Waals surface area contributed by atoms with Gasteiger partial charge in [-0.2, -0.15) is 0 Å². The molecule has 0 spiro atoms. The number of aliphatic hydroxyl groups is 1. The molecule has 3 rings (SSSR count). The molecule has 110 valence electrons. The average molecular weight is 266 g/mol. The Balaban J connectivity index is 1.60. The van der Waals surface area contributed by atoms with E-state index in [1.165, 1.54) is 77.5 Å². The molecule has 0 amide bonds. The van der Waals surface area contributed by atoms with Gasteiger partial charge < -0.3 is 10.0 Å². The molecule has 3 atom stereocenters. The van der Waals surface area contributed by atoms with E-state index in [4.69, 9.17) is 0 Å². The molecule has 0 aliphatic carbocycles. The third kappa shape index (κ3) is 3.14. The summed E-state index contributed by atoms with van der Waals surface area (Å²) in [6.07, 6.45) is 10.9. The van der Waals surface area contributed by atoms with E-state index in [9.17, 15) is 5.11 Å². The van der Waals surface area contributed by atoms with Crippen LogP contribution < -0.4 is 0 Å². The molecular formula is C16H30N2O. The summed E-state index contributed by atoms with van der Waals surface area (Å²) < 4.78 is 0. The van der Waals surface area contributed by atoms with Crippen molar-refractivity contribution < 1.29 is 5.11 Å². The molecule has 3 aliphatic heterocycles. The summed E-state index contributed by atoms with van der Waals surface area (Å²) >= 11 is 0. The quantitative estimate of drug-likeness (QED) is 0.847. The molecule has 1 N–H and O–H groups in total. The summed E-state index contributed by atoms with van der Waals surface area (Å²) in [5.41, 5.74) is 0. The average Bonchev–Trinajstić information content (AvgIpc) is 2.48. The maximum absolute atomic E-state index is 9.57. The fourth-order valence-electron chi connectivity index (χ4n) is 4.60. The van der Waals surface area contributed by atoms with E-state index in [0.29, 0.717) is 12.6 Å². The molecule has 3 saturated heterocycles. The molecule has 0 saturated carbocycles. The van der Waals surface area contributed by atoms with Crippen molar-refractivity contribution in [2.24, 2.45) is 5.92 Å². The molecule has 3 nitrogen and oxygen atoms in total. The minimum absolute atomic E-state index is 0.362. The van der Waals surface area contributed by atoms with E-state index in [2.05, 4.69) is 9.80 Å². The molecule has 19 heavy (non-hydrogen) atoms. The Morgan fingerprint density at radius 1 is 0.842 bits per heavy atom. The number of rotatable bonds is 3. The van der Waals surface area contributed by atoms with Crippen LogP contribution in [0.3, 0.4) is 0 Å². The monoisotopic (exact) mass is 266 g/mol. The first kappa shape index (κ1) is 13.8. The van der Waals surface area contributed by atoms with Gasteiger partial charge in [-0.15, -0.1) is 0 Å². The predicted molar refractivity (Wildman–Crippen MR) is 78.2 cm³/mol. The predicted octanol–water partition coefficient (Wildman–Crippen LogP) is 2.10. The van der Waals surface area contributed by atoms with E-state index in [0.717, 1.165) is 12.0 Å². The van der Waals surface area contributed by atoms with Crippen molar-refractivity contribution in [3.05, 3.63) is 0 Å². The van der Waals surface area contributed by atoms with Gasteiger partial charge >= 0.3 is 0 Å². The highest BCUT2D eigenvalue weighted by Crippen LogP contribution is 2.32. The number of nitrogens with zero attached hydrogens (tertiary/aromatic N) is 2. The maximum atomic E-state index is 9.57. The first-order valence-corrected chi connectivity index (χ1v) is 8.47. The lowest BCUT2D eigenvalue weighted by atomic mass is 9.82. The molecule has 0 aromatic rings. The Labute approximate surface area is 118 Å². The Kier molecular flexibility index (Phi) is 4.78. The zero-order chi connectivity index (χ0) is 13.1. The summed E-state index contributed by atoms with van der Waals surface area (Å²) in [6.45, 7) is 5.50. The molecule has 0 radical (unpaired) electrons. The van der Waals surface area contributed by atoms with E-state index >= 15 is 0 Å². The van der Waals surface area contributed by atoms with Crippen molar-refractivity contribution in [3.8, 4) is 0 Å². The normalized spacial score (nSPS) is 38.1. The van der Waals surface area contributed by atoms with Gasteiger partial charge in [-0.1, -0.05) is 12.8 Å². The second-order valence-electron chi connectivity index (χ2n) is 6.83. The van der Waals surface area contributed by atoms with Gasteiger partial charge in [0.15, 0.2) is 0 Å². The van der Waals surface area contributed by atoms with Crippen molar-refractivity contribution in [1.82, 2.24) is 9.80 Å². The minimum atomic E-state index is 0.362. The summed E-state index contributed by atoms with van der Waals surface area (Å²) in [4.78, 5) is 5.36. The van der Waals surface area contributed by atoms with Crippen LogP contribution in [0.1, 0.15) is 51.4 Å². The minimum Gasteiger partial charge on any atom is -0.395 e. The highest BCUT2D eigenvalue weighted by atomic mass is 16.3. The Morgan fingerprint density at radius 3 is 2.53 bits per heavy atom. The summed E-state index contributed by atoms with van der Waals surface area (Å²) in [5, 5.41) is 9.57. The largest absolute Gasteiger partial charge is 0.395 e. The lowest BCUT2D eigenvalue weighted by Crippen LogP contribution is -2.53. The SMILES string of the molecule is OC[C@H]1CCCCN1C[C@H]1CCCN2CCCC[C@H]12. The Bertz CT molecular complexity index is 282. The zero-order valence-corrected chi connectivity index (χ0v) is 12.3. The van der Waals surface area contributed by atoms with Crippen molar-refractivity contribution in [1.29, 1.82) is 0 Å². The number of aliphatic hydroxyl groups excluding tert-OH is 1. The van der Waals surface area contributed by atoms with Gasteiger partial charge in [0.1, 0.15) is 0 Å². The van der Waals surface area contributed by atoms with E-state index < -0.39 is 0 Å². The molecule has 0 aromatic heterocycles. The van der Waals surface area contributed by atoms with Crippen molar-refractivity contribution >= 4 is 0 Å². The Hall–Kier alpha value is -0.120. The number of hydrogen-bond acceptors (Lipinski definition) is 3.